The molecule has 2 amide bonds. The summed E-state index contributed by atoms with van der Waals surface area (Å²) in [5.41, 5.74) is 1.54. The number of likely N-dealkylation sites (tertiary alicyclic amines) is 1. The van der Waals surface area contributed by atoms with Crippen molar-refractivity contribution >= 4 is 11.8 Å². The van der Waals surface area contributed by atoms with Gasteiger partial charge in [-0.2, -0.15) is 0 Å². The Hall–Kier alpha value is -2.90. The summed E-state index contributed by atoms with van der Waals surface area (Å²) in [6.07, 6.45) is 6.29. The highest BCUT2D eigenvalue weighted by atomic mass is 16.5. The number of amides is 2. The Morgan fingerprint density at radius 1 is 1.17 bits per heavy atom. The van der Waals surface area contributed by atoms with Gasteiger partial charge in [0.25, 0.3) is 5.91 Å². The molecule has 1 spiro atoms. The van der Waals surface area contributed by atoms with Gasteiger partial charge >= 0.3 is 0 Å². The van der Waals surface area contributed by atoms with E-state index in [-0.39, 0.29) is 23.3 Å². The number of hydrogen-bond acceptors (Lipinski definition) is 5. The van der Waals surface area contributed by atoms with E-state index in [0.29, 0.717) is 12.1 Å². The van der Waals surface area contributed by atoms with Gasteiger partial charge in [-0.25, -0.2) is 4.68 Å². The second-order valence-electron chi connectivity index (χ2n) is 8.61. The number of aromatic nitrogens is 3. The first-order chi connectivity index (χ1) is 14.4. The lowest BCUT2D eigenvalue weighted by Crippen LogP contribution is -2.51. The third-order valence-electron chi connectivity index (χ3n) is 6.70. The van der Waals surface area contributed by atoms with Crippen LogP contribution in [-0.4, -0.2) is 70.9 Å². The number of methoxy groups -OCH3 is 1. The maximum absolute atomic E-state index is 12.8. The molecule has 2 heterocycles. The number of hydrogen-bond donors (Lipinski definition) is 0. The van der Waals surface area contributed by atoms with Gasteiger partial charge in [-0.15, -0.1) is 5.10 Å². The minimum Gasteiger partial charge on any atom is -0.497 e. The van der Waals surface area contributed by atoms with Crippen LogP contribution in [-0.2, 0) is 11.2 Å². The molecule has 0 bridgehead atoms. The molecule has 0 radical (unpaired) electrons. The first-order valence-electron chi connectivity index (χ1n) is 10.5. The van der Waals surface area contributed by atoms with Crippen LogP contribution in [0.3, 0.4) is 0 Å². The maximum Gasteiger partial charge on any atom is 0.275 e. The minimum atomic E-state index is -0.131. The van der Waals surface area contributed by atoms with Crippen LogP contribution in [0.4, 0.5) is 0 Å². The van der Waals surface area contributed by atoms with Gasteiger partial charge in [0, 0.05) is 27.2 Å². The Labute approximate surface area is 176 Å². The van der Waals surface area contributed by atoms with Crippen LogP contribution in [0.2, 0.25) is 0 Å². The van der Waals surface area contributed by atoms with E-state index in [1.165, 1.54) is 4.90 Å². The van der Waals surface area contributed by atoms with Crippen LogP contribution in [0, 0.1) is 5.41 Å². The summed E-state index contributed by atoms with van der Waals surface area (Å²) in [5.74, 6) is 0.838. The zero-order valence-electron chi connectivity index (χ0n) is 17.9. The van der Waals surface area contributed by atoms with Crippen molar-refractivity contribution in [2.24, 2.45) is 5.41 Å². The molecule has 2 aliphatic rings. The highest BCUT2D eigenvalue weighted by molar-refractivity contribution is 5.91. The third kappa shape index (κ3) is 3.78. The van der Waals surface area contributed by atoms with Gasteiger partial charge in [-0.1, -0.05) is 17.3 Å². The first kappa shape index (κ1) is 20.4. The lowest BCUT2D eigenvalue weighted by Gasteiger charge is -2.53. The largest absolute Gasteiger partial charge is 0.497 e. The average Bonchev–Trinajstić information content (AvgIpc) is 3.22. The zero-order valence-corrected chi connectivity index (χ0v) is 17.9. The summed E-state index contributed by atoms with van der Waals surface area (Å²) in [7, 11) is 5.06. The zero-order chi connectivity index (χ0) is 21.3. The number of piperidine rings is 1. The standard InChI is InChI=1S/C22H29N5O3/c1-25(2)21(29)18-15-27(24-23-18)19-8-9-22(19)10-12-26(13-11-22)20(28)14-16-4-6-17(30-3)7-5-16/h4-7,15,19H,8-14H2,1-3H3. The van der Waals surface area contributed by atoms with Crippen LogP contribution in [0.25, 0.3) is 0 Å². The Kier molecular flexibility index (Phi) is 5.49. The molecule has 1 saturated carbocycles. The van der Waals surface area contributed by atoms with Crippen molar-refractivity contribution in [2.45, 2.75) is 38.1 Å². The predicted molar refractivity (Wildman–Crippen MR) is 111 cm³/mol. The molecular weight excluding hydrogens is 382 g/mol. The van der Waals surface area contributed by atoms with Crippen molar-refractivity contribution in [2.75, 3.05) is 34.3 Å². The van der Waals surface area contributed by atoms with Crippen molar-refractivity contribution in [3.8, 4) is 5.75 Å². The summed E-state index contributed by atoms with van der Waals surface area (Å²) < 4.78 is 7.05. The van der Waals surface area contributed by atoms with E-state index in [9.17, 15) is 9.59 Å². The Bertz CT molecular complexity index is 913. The van der Waals surface area contributed by atoms with Crippen molar-refractivity contribution in [3.63, 3.8) is 0 Å². The average molecular weight is 412 g/mol. The first-order valence-corrected chi connectivity index (χ1v) is 10.5. The SMILES string of the molecule is COc1ccc(CC(=O)N2CCC3(CCC3n3cc(C(=O)N(C)C)nn3)CC2)cc1. The highest BCUT2D eigenvalue weighted by Crippen LogP contribution is 2.56. The Morgan fingerprint density at radius 3 is 2.43 bits per heavy atom. The summed E-state index contributed by atoms with van der Waals surface area (Å²) in [5, 5.41) is 8.31. The van der Waals surface area contributed by atoms with Crippen molar-refractivity contribution in [1.82, 2.24) is 24.8 Å². The lowest BCUT2D eigenvalue weighted by molar-refractivity contribution is -0.135. The molecule has 2 fully saturated rings. The second kappa shape index (κ2) is 8.08. The van der Waals surface area contributed by atoms with Gasteiger partial charge in [0.15, 0.2) is 5.69 Å². The fourth-order valence-corrected chi connectivity index (χ4v) is 4.67. The molecule has 8 heteroatoms. The second-order valence-corrected chi connectivity index (χ2v) is 8.61. The van der Waals surface area contributed by atoms with Gasteiger partial charge < -0.3 is 14.5 Å². The Morgan fingerprint density at radius 2 is 1.87 bits per heavy atom. The van der Waals surface area contributed by atoms with Crippen LogP contribution in [0.5, 0.6) is 5.75 Å². The molecule has 30 heavy (non-hydrogen) atoms. The van der Waals surface area contributed by atoms with Crippen molar-refractivity contribution in [3.05, 3.63) is 41.7 Å². The molecule has 1 atom stereocenters. The monoisotopic (exact) mass is 411 g/mol. The van der Waals surface area contributed by atoms with E-state index in [2.05, 4.69) is 10.3 Å². The molecule has 1 aromatic heterocycles. The number of benzene rings is 1. The molecular formula is C22H29N5O3. The van der Waals surface area contributed by atoms with E-state index in [0.717, 1.165) is 50.1 Å². The van der Waals surface area contributed by atoms with Gasteiger partial charge in [0.05, 0.1) is 25.8 Å². The molecule has 1 aliphatic heterocycles. The van der Waals surface area contributed by atoms with Gasteiger partial charge in [0.2, 0.25) is 5.91 Å². The third-order valence-corrected chi connectivity index (χ3v) is 6.70. The molecule has 0 N–H and O–H groups in total. The van der Waals surface area contributed by atoms with E-state index >= 15 is 0 Å². The topological polar surface area (TPSA) is 80.6 Å². The van der Waals surface area contributed by atoms with Gasteiger partial charge in [-0.05, 0) is 48.8 Å². The predicted octanol–water partition coefficient (Wildman–Crippen LogP) is 2.17. The van der Waals surface area contributed by atoms with Gasteiger partial charge in [0.1, 0.15) is 5.75 Å². The normalized spacial score (nSPS) is 20.0. The molecule has 1 unspecified atom stereocenters. The molecule has 8 nitrogen and oxygen atoms in total. The number of ether oxygens (including phenoxy) is 1. The molecule has 4 rings (SSSR count). The number of carbonyl (C=O) groups is 2. The summed E-state index contributed by atoms with van der Waals surface area (Å²) in [6, 6.07) is 7.93. The number of carbonyl (C=O) groups excluding carboxylic acids is 2. The Balaban J connectivity index is 1.35. The quantitative estimate of drug-likeness (QED) is 0.753. The fraction of sp³-hybridized carbons (Fsp3) is 0.545. The fourth-order valence-electron chi connectivity index (χ4n) is 4.67. The van der Waals surface area contributed by atoms with Crippen LogP contribution < -0.4 is 4.74 Å². The molecule has 2 aromatic rings. The minimum absolute atomic E-state index is 0.131. The molecule has 1 aromatic carbocycles. The number of nitrogens with zero attached hydrogens (tertiary/aromatic N) is 5. The molecule has 1 saturated heterocycles. The van der Waals surface area contributed by atoms with E-state index < -0.39 is 0 Å². The van der Waals surface area contributed by atoms with Crippen molar-refractivity contribution in [1.29, 1.82) is 0 Å². The van der Waals surface area contributed by atoms with E-state index in [4.69, 9.17) is 4.74 Å². The molecule has 1 aliphatic carbocycles. The summed E-state index contributed by atoms with van der Waals surface area (Å²) >= 11 is 0. The lowest BCUT2D eigenvalue weighted by atomic mass is 9.59. The maximum atomic E-state index is 12.8. The number of rotatable bonds is 5. The smallest absolute Gasteiger partial charge is 0.275 e. The summed E-state index contributed by atoms with van der Waals surface area (Å²) in [4.78, 5) is 28.4. The van der Waals surface area contributed by atoms with E-state index in [1.54, 1.807) is 27.4 Å². The highest BCUT2D eigenvalue weighted by Gasteiger charge is 2.50. The van der Waals surface area contributed by atoms with E-state index in [1.807, 2.05) is 33.8 Å². The van der Waals surface area contributed by atoms with Crippen LogP contribution in [0.15, 0.2) is 30.5 Å². The van der Waals surface area contributed by atoms with Crippen LogP contribution in [0.1, 0.15) is 47.8 Å². The van der Waals surface area contributed by atoms with Crippen LogP contribution >= 0.6 is 0 Å². The summed E-state index contributed by atoms with van der Waals surface area (Å²) in [6.45, 7) is 1.54. The van der Waals surface area contributed by atoms with Crippen molar-refractivity contribution < 1.29 is 14.3 Å². The van der Waals surface area contributed by atoms with Gasteiger partial charge in [-0.3, -0.25) is 9.59 Å². The molecule has 160 valence electrons.